The van der Waals surface area contributed by atoms with Gasteiger partial charge < -0.3 is 9.47 Å². The molecule has 0 aliphatic rings. The van der Waals surface area contributed by atoms with E-state index < -0.39 is 20.0 Å². The SMILES string of the molecule is CCOc1ccc(NS(=O)(=O)c2ccccc2S(=O)(=O)Nc2ccc(OCC)cc2)cc1. The molecule has 0 unspecified atom stereocenters. The van der Waals surface area contributed by atoms with Gasteiger partial charge in [0, 0.05) is 11.4 Å². The number of anilines is 2. The first kappa shape index (κ1) is 23.4. The first-order valence-corrected chi connectivity index (χ1v) is 12.8. The van der Waals surface area contributed by atoms with Gasteiger partial charge in [0.2, 0.25) is 0 Å². The standard InChI is InChI=1S/C22H24N2O6S2/c1-3-29-19-13-9-17(10-14-19)23-31(25,26)21-7-5-6-8-22(21)32(27,28)24-18-11-15-20(16-12-18)30-4-2/h5-16,23-24H,3-4H2,1-2H3. The van der Waals surface area contributed by atoms with Crippen LogP contribution in [0.5, 0.6) is 11.5 Å². The third kappa shape index (κ3) is 5.71. The van der Waals surface area contributed by atoms with Gasteiger partial charge in [0.1, 0.15) is 21.3 Å². The van der Waals surface area contributed by atoms with E-state index in [1.807, 2.05) is 13.8 Å². The molecule has 3 aromatic rings. The summed E-state index contributed by atoms with van der Waals surface area (Å²) in [6.07, 6.45) is 0. The highest BCUT2D eigenvalue weighted by Gasteiger charge is 2.26. The van der Waals surface area contributed by atoms with Crippen LogP contribution in [0.1, 0.15) is 13.8 Å². The van der Waals surface area contributed by atoms with Crippen LogP contribution in [0.3, 0.4) is 0 Å². The Balaban J connectivity index is 1.87. The minimum Gasteiger partial charge on any atom is -0.494 e. The van der Waals surface area contributed by atoms with Crippen LogP contribution in [-0.2, 0) is 20.0 Å². The zero-order valence-corrected chi connectivity index (χ0v) is 19.2. The van der Waals surface area contributed by atoms with E-state index in [2.05, 4.69) is 9.44 Å². The number of ether oxygens (including phenoxy) is 2. The van der Waals surface area contributed by atoms with Crippen LogP contribution in [0.4, 0.5) is 11.4 Å². The maximum atomic E-state index is 13.0. The van der Waals surface area contributed by atoms with E-state index in [0.29, 0.717) is 24.7 Å². The molecule has 170 valence electrons. The second-order valence-electron chi connectivity index (χ2n) is 6.57. The Morgan fingerprint density at radius 1 is 0.594 bits per heavy atom. The number of hydrogen-bond acceptors (Lipinski definition) is 6. The second-order valence-corrected chi connectivity index (χ2v) is 9.87. The van der Waals surface area contributed by atoms with Crippen molar-refractivity contribution in [2.24, 2.45) is 0 Å². The van der Waals surface area contributed by atoms with Crippen LogP contribution in [-0.4, -0.2) is 30.0 Å². The molecule has 10 heteroatoms. The van der Waals surface area contributed by atoms with Crippen molar-refractivity contribution in [2.45, 2.75) is 23.6 Å². The molecule has 0 amide bonds. The quantitative estimate of drug-likeness (QED) is 0.456. The van der Waals surface area contributed by atoms with Gasteiger partial charge in [-0.15, -0.1) is 0 Å². The minimum atomic E-state index is -4.19. The molecule has 0 aliphatic heterocycles. The molecular formula is C22H24N2O6S2. The zero-order chi connectivity index (χ0) is 23.2. The highest BCUT2D eigenvalue weighted by atomic mass is 32.2. The van der Waals surface area contributed by atoms with Gasteiger partial charge >= 0.3 is 0 Å². The smallest absolute Gasteiger partial charge is 0.263 e. The summed E-state index contributed by atoms with van der Waals surface area (Å²) >= 11 is 0. The largest absolute Gasteiger partial charge is 0.494 e. The van der Waals surface area contributed by atoms with Crippen molar-refractivity contribution in [3.8, 4) is 11.5 Å². The van der Waals surface area contributed by atoms with Crippen molar-refractivity contribution in [1.82, 2.24) is 0 Å². The number of benzene rings is 3. The molecule has 3 rings (SSSR count). The van der Waals surface area contributed by atoms with Crippen molar-refractivity contribution < 1.29 is 26.3 Å². The highest BCUT2D eigenvalue weighted by Crippen LogP contribution is 2.27. The van der Waals surface area contributed by atoms with Crippen molar-refractivity contribution in [3.63, 3.8) is 0 Å². The third-order valence-electron chi connectivity index (χ3n) is 4.26. The van der Waals surface area contributed by atoms with Gasteiger partial charge in [0.15, 0.2) is 0 Å². The van der Waals surface area contributed by atoms with Crippen LogP contribution < -0.4 is 18.9 Å². The number of rotatable bonds is 10. The molecule has 0 radical (unpaired) electrons. The van der Waals surface area contributed by atoms with E-state index in [9.17, 15) is 16.8 Å². The average molecular weight is 477 g/mol. The lowest BCUT2D eigenvalue weighted by Crippen LogP contribution is -2.20. The van der Waals surface area contributed by atoms with Crippen molar-refractivity contribution >= 4 is 31.4 Å². The molecule has 0 fully saturated rings. The lowest BCUT2D eigenvalue weighted by atomic mass is 10.3. The molecule has 0 saturated heterocycles. The Kier molecular flexibility index (Phi) is 7.26. The van der Waals surface area contributed by atoms with E-state index >= 15 is 0 Å². The molecule has 0 aromatic heterocycles. The fraction of sp³-hybridized carbons (Fsp3) is 0.182. The maximum absolute atomic E-state index is 13.0. The number of hydrogen-bond donors (Lipinski definition) is 2. The van der Waals surface area contributed by atoms with Gasteiger partial charge in [-0.3, -0.25) is 9.44 Å². The zero-order valence-electron chi connectivity index (χ0n) is 17.6. The third-order valence-corrected chi connectivity index (χ3v) is 7.27. The molecule has 3 aromatic carbocycles. The maximum Gasteiger partial charge on any atom is 0.263 e. The average Bonchev–Trinajstić information content (AvgIpc) is 2.76. The van der Waals surface area contributed by atoms with Gasteiger partial charge in [-0.25, -0.2) is 16.8 Å². The number of nitrogens with one attached hydrogen (secondary N) is 2. The van der Waals surface area contributed by atoms with E-state index in [1.54, 1.807) is 24.3 Å². The van der Waals surface area contributed by atoms with E-state index in [-0.39, 0.29) is 21.2 Å². The molecule has 0 bridgehead atoms. The molecule has 0 saturated carbocycles. The van der Waals surface area contributed by atoms with Crippen LogP contribution in [0.25, 0.3) is 0 Å². The molecule has 0 spiro atoms. The summed E-state index contributed by atoms with van der Waals surface area (Å²) in [7, 11) is -8.38. The molecule has 32 heavy (non-hydrogen) atoms. The van der Waals surface area contributed by atoms with Crippen molar-refractivity contribution in [1.29, 1.82) is 0 Å². The monoisotopic (exact) mass is 476 g/mol. The Morgan fingerprint density at radius 2 is 0.938 bits per heavy atom. The normalized spacial score (nSPS) is 11.6. The Morgan fingerprint density at radius 3 is 1.25 bits per heavy atom. The van der Waals surface area contributed by atoms with Gasteiger partial charge in [-0.05, 0) is 74.5 Å². The predicted molar refractivity (Wildman–Crippen MR) is 123 cm³/mol. The van der Waals surface area contributed by atoms with E-state index in [1.165, 1.54) is 48.5 Å². The van der Waals surface area contributed by atoms with Crippen LogP contribution in [0.15, 0.2) is 82.6 Å². The Labute approximate surface area is 188 Å². The summed E-state index contributed by atoms with van der Waals surface area (Å²) in [5, 5.41) is 0. The topological polar surface area (TPSA) is 111 Å². The minimum absolute atomic E-state index is 0.278. The van der Waals surface area contributed by atoms with Gasteiger partial charge in [-0.1, -0.05) is 12.1 Å². The molecular weight excluding hydrogens is 452 g/mol. The summed E-state index contributed by atoms with van der Waals surface area (Å²) < 4.78 is 67.5. The second kappa shape index (κ2) is 9.92. The Hall–Kier alpha value is -3.24. The fourth-order valence-corrected chi connectivity index (χ4v) is 5.84. The summed E-state index contributed by atoms with van der Waals surface area (Å²) in [5.74, 6) is 1.19. The van der Waals surface area contributed by atoms with Crippen LogP contribution in [0, 0.1) is 0 Å². The number of sulfonamides is 2. The van der Waals surface area contributed by atoms with E-state index in [4.69, 9.17) is 9.47 Å². The lowest BCUT2D eigenvalue weighted by molar-refractivity contribution is 0.340. The molecule has 0 heterocycles. The van der Waals surface area contributed by atoms with Crippen LogP contribution >= 0.6 is 0 Å². The Bertz CT molecular complexity index is 1160. The molecule has 0 aliphatic carbocycles. The van der Waals surface area contributed by atoms with Gasteiger partial charge in [0.25, 0.3) is 20.0 Å². The van der Waals surface area contributed by atoms with Crippen molar-refractivity contribution in [3.05, 3.63) is 72.8 Å². The lowest BCUT2D eigenvalue weighted by Gasteiger charge is -2.14. The first-order chi connectivity index (χ1) is 15.2. The van der Waals surface area contributed by atoms with E-state index in [0.717, 1.165) is 0 Å². The molecule has 8 nitrogen and oxygen atoms in total. The predicted octanol–water partition coefficient (Wildman–Crippen LogP) is 4.09. The van der Waals surface area contributed by atoms with Crippen LogP contribution in [0.2, 0.25) is 0 Å². The summed E-state index contributed by atoms with van der Waals surface area (Å²) in [5.41, 5.74) is 0.556. The molecule has 0 atom stereocenters. The first-order valence-electron chi connectivity index (χ1n) is 9.85. The summed E-state index contributed by atoms with van der Waals surface area (Å²) in [6, 6.07) is 18.0. The summed E-state index contributed by atoms with van der Waals surface area (Å²) in [6.45, 7) is 4.65. The summed E-state index contributed by atoms with van der Waals surface area (Å²) in [4.78, 5) is -0.736. The highest BCUT2D eigenvalue weighted by molar-refractivity contribution is 7.95. The van der Waals surface area contributed by atoms with Gasteiger partial charge in [-0.2, -0.15) is 0 Å². The van der Waals surface area contributed by atoms with Crippen molar-refractivity contribution in [2.75, 3.05) is 22.7 Å². The van der Waals surface area contributed by atoms with Gasteiger partial charge in [0.05, 0.1) is 13.2 Å². The fourth-order valence-electron chi connectivity index (χ4n) is 2.89. The molecule has 2 N–H and O–H groups in total.